The van der Waals surface area contributed by atoms with E-state index in [9.17, 15) is 14.7 Å². The van der Waals surface area contributed by atoms with Crippen molar-refractivity contribution in [3.05, 3.63) is 28.1 Å². The highest BCUT2D eigenvalue weighted by Gasteiger charge is 2.09. The van der Waals surface area contributed by atoms with Gasteiger partial charge in [0.05, 0.1) is 17.8 Å². The molecule has 2 heterocycles. The zero-order chi connectivity index (χ0) is 13.8. The van der Waals surface area contributed by atoms with Crippen LogP contribution in [-0.4, -0.2) is 33.2 Å². The summed E-state index contributed by atoms with van der Waals surface area (Å²) in [4.78, 5) is 28.5. The van der Waals surface area contributed by atoms with E-state index in [1.165, 1.54) is 22.2 Å². The third kappa shape index (κ3) is 3.18. The molecule has 7 heteroatoms. The summed E-state index contributed by atoms with van der Waals surface area (Å²) in [5.41, 5.74) is -0.225. The lowest BCUT2D eigenvalue weighted by Crippen LogP contribution is -2.36. The van der Waals surface area contributed by atoms with Crippen molar-refractivity contribution in [2.24, 2.45) is 0 Å². The summed E-state index contributed by atoms with van der Waals surface area (Å²) in [6, 6.07) is 1.70. The molecule has 2 N–H and O–H groups in total. The van der Waals surface area contributed by atoms with E-state index < -0.39 is 6.10 Å². The van der Waals surface area contributed by atoms with Crippen LogP contribution in [0.25, 0.3) is 10.2 Å². The monoisotopic (exact) mass is 281 g/mol. The van der Waals surface area contributed by atoms with E-state index >= 15 is 0 Å². The Morgan fingerprint density at radius 1 is 1.63 bits per heavy atom. The normalized spacial score (nSPS) is 12.5. The second-order valence-corrected chi connectivity index (χ2v) is 5.08. The van der Waals surface area contributed by atoms with E-state index in [1.54, 1.807) is 11.4 Å². The first kappa shape index (κ1) is 13.7. The summed E-state index contributed by atoms with van der Waals surface area (Å²) in [5.74, 6) is -0.314. The highest BCUT2D eigenvalue weighted by molar-refractivity contribution is 7.16. The SMILES string of the molecule is CCC(O)CNC(=O)Cn1cnc2sccc2c1=O. The predicted molar refractivity (Wildman–Crippen MR) is 73.2 cm³/mol. The second-order valence-electron chi connectivity index (χ2n) is 4.18. The number of rotatable bonds is 5. The van der Waals surface area contributed by atoms with Crippen LogP contribution in [0.5, 0.6) is 0 Å². The van der Waals surface area contributed by atoms with Gasteiger partial charge in [-0.05, 0) is 17.9 Å². The van der Waals surface area contributed by atoms with Gasteiger partial charge in [-0.3, -0.25) is 14.2 Å². The molecule has 0 saturated heterocycles. The van der Waals surface area contributed by atoms with Crippen LogP contribution in [0.1, 0.15) is 13.3 Å². The molecule has 6 nitrogen and oxygen atoms in total. The number of hydrogen-bond donors (Lipinski definition) is 2. The van der Waals surface area contributed by atoms with Crippen LogP contribution in [-0.2, 0) is 11.3 Å². The van der Waals surface area contributed by atoms with E-state index in [4.69, 9.17) is 0 Å². The largest absolute Gasteiger partial charge is 0.391 e. The Labute approximate surface area is 113 Å². The van der Waals surface area contributed by atoms with E-state index in [0.29, 0.717) is 16.6 Å². The first-order valence-corrected chi connectivity index (χ1v) is 6.87. The van der Waals surface area contributed by atoms with Crippen LogP contribution in [0.4, 0.5) is 0 Å². The van der Waals surface area contributed by atoms with Gasteiger partial charge in [0.15, 0.2) is 0 Å². The molecule has 1 unspecified atom stereocenters. The number of nitrogens with zero attached hydrogens (tertiary/aromatic N) is 2. The molecule has 19 heavy (non-hydrogen) atoms. The lowest BCUT2D eigenvalue weighted by atomic mass is 10.3. The highest BCUT2D eigenvalue weighted by Crippen LogP contribution is 2.12. The first-order valence-electron chi connectivity index (χ1n) is 5.99. The van der Waals surface area contributed by atoms with Gasteiger partial charge < -0.3 is 10.4 Å². The molecule has 0 spiro atoms. The van der Waals surface area contributed by atoms with Crippen molar-refractivity contribution < 1.29 is 9.90 Å². The van der Waals surface area contributed by atoms with Crippen LogP contribution < -0.4 is 10.9 Å². The maximum absolute atomic E-state index is 12.0. The molecule has 0 radical (unpaired) electrons. The van der Waals surface area contributed by atoms with E-state index in [1.807, 2.05) is 6.92 Å². The summed E-state index contributed by atoms with van der Waals surface area (Å²) < 4.78 is 1.27. The fourth-order valence-corrected chi connectivity index (χ4v) is 2.32. The van der Waals surface area contributed by atoms with Crippen LogP contribution in [0, 0.1) is 0 Å². The number of nitrogens with one attached hydrogen (secondary N) is 1. The summed E-state index contributed by atoms with van der Waals surface area (Å²) in [6.45, 7) is 1.93. The molecule has 2 rings (SSSR count). The number of aromatic nitrogens is 2. The maximum Gasteiger partial charge on any atom is 0.262 e. The van der Waals surface area contributed by atoms with Crippen molar-refractivity contribution >= 4 is 27.5 Å². The standard InChI is InChI=1S/C12H15N3O3S/c1-2-8(16)5-13-10(17)6-15-7-14-11-9(12(15)18)3-4-19-11/h3-4,7-8,16H,2,5-6H2,1H3,(H,13,17). The Morgan fingerprint density at radius 3 is 3.16 bits per heavy atom. The highest BCUT2D eigenvalue weighted by atomic mass is 32.1. The minimum absolute atomic E-state index is 0.0892. The second kappa shape index (κ2) is 5.94. The third-order valence-corrected chi connectivity index (χ3v) is 3.59. The van der Waals surface area contributed by atoms with Gasteiger partial charge in [-0.25, -0.2) is 4.98 Å². The molecule has 0 fully saturated rings. The molecule has 1 atom stereocenters. The van der Waals surface area contributed by atoms with Gasteiger partial charge in [0.25, 0.3) is 5.56 Å². The Kier molecular flexibility index (Phi) is 4.28. The van der Waals surface area contributed by atoms with Gasteiger partial charge in [-0.15, -0.1) is 11.3 Å². The summed E-state index contributed by atoms with van der Waals surface area (Å²) in [5, 5.41) is 14.2. The Balaban J connectivity index is 2.07. The van der Waals surface area contributed by atoms with Crippen molar-refractivity contribution in [3.63, 3.8) is 0 Å². The summed E-state index contributed by atoms with van der Waals surface area (Å²) in [7, 11) is 0. The minimum atomic E-state index is -0.557. The van der Waals surface area contributed by atoms with Gasteiger partial charge in [-0.2, -0.15) is 0 Å². The van der Waals surface area contributed by atoms with Crippen LogP contribution >= 0.6 is 11.3 Å². The van der Waals surface area contributed by atoms with Gasteiger partial charge in [0.1, 0.15) is 11.4 Å². The average molecular weight is 281 g/mol. The topological polar surface area (TPSA) is 84.2 Å². The molecule has 0 saturated carbocycles. The molecule has 0 bridgehead atoms. The quantitative estimate of drug-likeness (QED) is 0.828. The molecule has 0 aliphatic rings. The van der Waals surface area contributed by atoms with Crippen LogP contribution in [0.2, 0.25) is 0 Å². The zero-order valence-corrected chi connectivity index (χ0v) is 11.3. The summed E-state index contributed by atoms with van der Waals surface area (Å²) >= 11 is 1.39. The van der Waals surface area contributed by atoms with E-state index in [-0.39, 0.29) is 24.6 Å². The molecule has 0 aromatic carbocycles. The fourth-order valence-electron chi connectivity index (χ4n) is 1.59. The molecule has 2 aromatic heterocycles. The van der Waals surface area contributed by atoms with Crippen molar-refractivity contribution in [1.82, 2.24) is 14.9 Å². The van der Waals surface area contributed by atoms with Gasteiger partial charge in [-0.1, -0.05) is 6.92 Å². The number of amides is 1. The Morgan fingerprint density at radius 2 is 2.42 bits per heavy atom. The first-order chi connectivity index (χ1) is 9.11. The molecule has 1 amide bonds. The zero-order valence-electron chi connectivity index (χ0n) is 10.5. The maximum atomic E-state index is 12.0. The number of thiophene rings is 1. The van der Waals surface area contributed by atoms with Gasteiger partial charge >= 0.3 is 0 Å². The fraction of sp³-hybridized carbons (Fsp3) is 0.417. The van der Waals surface area contributed by atoms with Crippen LogP contribution in [0.3, 0.4) is 0 Å². The number of fused-ring (bicyclic) bond motifs is 1. The number of aliphatic hydroxyl groups excluding tert-OH is 1. The Bertz CT molecular complexity index is 634. The summed E-state index contributed by atoms with van der Waals surface area (Å²) in [6.07, 6.45) is 1.39. The number of aliphatic hydroxyl groups is 1. The lowest BCUT2D eigenvalue weighted by Gasteiger charge is -2.10. The molecular formula is C12H15N3O3S. The molecule has 0 aliphatic heterocycles. The Hall–Kier alpha value is -1.73. The molecular weight excluding hydrogens is 266 g/mol. The smallest absolute Gasteiger partial charge is 0.262 e. The predicted octanol–water partition coefficient (Wildman–Crippen LogP) is 0.345. The number of hydrogen-bond acceptors (Lipinski definition) is 5. The van der Waals surface area contributed by atoms with Crippen LogP contribution in [0.15, 0.2) is 22.6 Å². The minimum Gasteiger partial charge on any atom is -0.391 e. The van der Waals surface area contributed by atoms with E-state index in [2.05, 4.69) is 10.3 Å². The number of carbonyl (C=O) groups excluding carboxylic acids is 1. The van der Waals surface area contributed by atoms with Crippen molar-refractivity contribution in [1.29, 1.82) is 0 Å². The van der Waals surface area contributed by atoms with Crippen molar-refractivity contribution in [3.8, 4) is 0 Å². The van der Waals surface area contributed by atoms with Gasteiger partial charge in [0, 0.05) is 6.54 Å². The van der Waals surface area contributed by atoms with Crippen molar-refractivity contribution in [2.45, 2.75) is 26.0 Å². The van der Waals surface area contributed by atoms with Gasteiger partial charge in [0.2, 0.25) is 5.91 Å². The third-order valence-electron chi connectivity index (χ3n) is 2.77. The van der Waals surface area contributed by atoms with Crippen molar-refractivity contribution in [2.75, 3.05) is 6.54 Å². The molecule has 102 valence electrons. The molecule has 0 aliphatic carbocycles. The molecule has 2 aromatic rings. The average Bonchev–Trinajstić information content (AvgIpc) is 2.88. The lowest BCUT2D eigenvalue weighted by molar-refractivity contribution is -0.122. The number of carbonyl (C=O) groups is 1. The van der Waals surface area contributed by atoms with E-state index in [0.717, 1.165) is 0 Å².